The average Bonchev–Trinajstić information content (AvgIpc) is 3.68. The van der Waals surface area contributed by atoms with Gasteiger partial charge in [0, 0.05) is 49.9 Å². The number of fused-ring (bicyclic) bond motifs is 6. The second kappa shape index (κ2) is 14.0. The molecule has 0 spiro atoms. The molecule has 0 fully saturated rings. The Bertz CT molecular complexity index is 3230. The first kappa shape index (κ1) is 33.4. The highest BCUT2D eigenvalue weighted by Gasteiger charge is 2.19. The highest BCUT2D eigenvalue weighted by Crippen LogP contribution is 2.42. The minimum Gasteiger partial charge on any atom is -0.455 e. The summed E-state index contributed by atoms with van der Waals surface area (Å²) in [6.07, 6.45) is 0. The Morgan fingerprint density at radius 2 is 0.845 bits per heavy atom. The lowest BCUT2D eigenvalue weighted by atomic mass is 9.94. The van der Waals surface area contributed by atoms with Crippen LogP contribution in [0.5, 0.6) is 0 Å². The van der Waals surface area contributed by atoms with E-state index >= 15 is 0 Å². The van der Waals surface area contributed by atoms with Gasteiger partial charge in [0.1, 0.15) is 11.2 Å². The van der Waals surface area contributed by atoms with Crippen LogP contribution in [0.15, 0.2) is 211 Å². The van der Waals surface area contributed by atoms with Crippen molar-refractivity contribution in [2.24, 2.45) is 0 Å². The van der Waals surface area contributed by atoms with Crippen molar-refractivity contribution in [1.29, 1.82) is 0 Å². The number of furan rings is 1. The fraction of sp³-hybridized carbons (Fsp3) is 0. The zero-order chi connectivity index (χ0) is 38.4. The summed E-state index contributed by atoms with van der Waals surface area (Å²) in [5.74, 6) is 1.84. The second-order valence-corrected chi connectivity index (χ2v) is 14.4. The Morgan fingerprint density at radius 3 is 1.55 bits per heavy atom. The number of para-hydroxylation sites is 3. The monoisotopic (exact) mass is 742 g/mol. The molecule has 0 atom stereocenters. The molecule has 0 aliphatic rings. The smallest absolute Gasteiger partial charge is 0.164 e. The van der Waals surface area contributed by atoms with E-state index in [4.69, 9.17) is 19.4 Å². The first-order valence-corrected chi connectivity index (χ1v) is 19.4. The van der Waals surface area contributed by atoms with Crippen molar-refractivity contribution in [3.05, 3.63) is 206 Å². The van der Waals surface area contributed by atoms with Gasteiger partial charge in [0.05, 0.1) is 0 Å². The molecular formula is C53H34N4O. The Labute approximate surface area is 335 Å². The normalized spacial score (nSPS) is 11.4. The molecule has 5 nitrogen and oxygen atoms in total. The molecular weight excluding hydrogens is 709 g/mol. The highest BCUT2D eigenvalue weighted by molar-refractivity contribution is 6.19. The van der Waals surface area contributed by atoms with Gasteiger partial charge in [0.2, 0.25) is 0 Å². The number of anilines is 3. The van der Waals surface area contributed by atoms with E-state index in [0.29, 0.717) is 17.5 Å². The molecule has 5 heteroatoms. The molecule has 9 aromatic carbocycles. The maximum Gasteiger partial charge on any atom is 0.164 e. The molecule has 2 heterocycles. The van der Waals surface area contributed by atoms with E-state index in [1.807, 2.05) is 42.5 Å². The van der Waals surface area contributed by atoms with E-state index < -0.39 is 0 Å². The summed E-state index contributed by atoms with van der Waals surface area (Å²) in [4.78, 5) is 17.5. The number of hydrogen-bond donors (Lipinski definition) is 0. The van der Waals surface area contributed by atoms with Gasteiger partial charge in [0.15, 0.2) is 17.5 Å². The molecule has 11 aromatic rings. The molecule has 0 radical (unpaired) electrons. The number of benzene rings is 9. The Morgan fingerprint density at radius 1 is 0.328 bits per heavy atom. The Balaban J connectivity index is 1.08. The second-order valence-electron chi connectivity index (χ2n) is 14.4. The standard InChI is InChI=1S/C53H34N4O/c1-4-15-37(16-5-1)51-54-52(39-25-24-35-14-10-11-17-38(35)32-39)56-53(55-51)40-28-31-44-46(34-48-45-22-12-13-23-49(45)58-50(48)47(44)33-40)36-26-29-43(30-27-36)57(41-18-6-2-7-19-41)42-20-8-3-9-21-42/h1-34H. The molecule has 11 rings (SSSR count). The number of rotatable bonds is 7. The Hall–Kier alpha value is -7.89. The van der Waals surface area contributed by atoms with Crippen molar-refractivity contribution in [2.75, 3.05) is 4.90 Å². The zero-order valence-corrected chi connectivity index (χ0v) is 31.3. The van der Waals surface area contributed by atoms with Crippen LogP contribution >= 0.6 is 0 Å². The van der Waals surface area contributed by atoms with E-state index in [9.17, 15) is 0 Å². The predicted molar refractivity (Wildman–Crippen MR) is 239 cm³/mol. The fourth-order valence-corrected chi connectivity index (χ4v) is 8.05. The number of aromatic nitrogens is 3. The summed E-state index contributed by atoms with van der Waals surface area (Å²) in [5, 5.41) is 6.52. The molecule has 0 aliphatic carbocycles. The van der Waals surface area contributed by atoms with Crippen LogP contribution in [0.25, 0.3) is 88.8 Å². The largest absolute Gasteiger partial charge is 0.455 e. The fourth-order valence-electron chi connectivity index (χ4n) is 8.05. The van der Waals surface area contributed by atoms with Crippen LogP contribution < -0.4 is 4.90 Å². The molecule has 58 heavy (non-hydrogen) atoms. The molecule has 0 saturated carbocycles. The zero-order valence-electron chi connectivity index (χ0n) is 31.3. The number of hydrogen-bond acceptors (Lipinski definition) is 5. The summed E-state index contributed by atoms with van der Waals surface area (Å²) in [5.41, 5.74) is 9.94. The van der Waals surface area contributed by atoms with Crippen molar-refractivity contribution in [3.63, 3.8) is 0 Å². The van der Waals surface area contributed by atoms with Gasteiger partial charge < -0.3 is 9.32 Å². The molecule has 0 unspecified atom stereocenters. The molecule has 0 bridgehead atoms. The van der Waals surface area contributed by atoms with Gasteiger partial charge in [-0.05, 0) is 87.9 Å². The predicted octanol–water partition coefficient (Wildman–Crippen LogP) is 14.2. The van der Waals surface area contributed by atoms with Crippen LogP contribution in [0.3, 0.4) is 0 Å². The van der Waals surface area contributed by atoms with Crippen LogP contribution in [0.2, 0.25) is 0 Å². The first-order valence-electron chi connectivity index (χ1n) is 19.4. The molecule has 0 aliphatic heterocycles. The minimum absolute atomic E-state index is 0.597. The van der Waals surface area contributed by atoms with Crippen molar-refractivity contribution in [2.45, 2.75) is 0 Å². The average molecular weight is 743 g/mol. The van der Waals surface area contributed by atoms with E-state index in [1.165, 1.54) is 5.39 Å². The molecule has 0 N–H and O–H groups in total. The van der Waals surface area contributed by atoms with Crippen LogP contribution in [-0.2, 0) is 0 Å². The van der Waals surface area contributed by atoms with Crippen molar-refractivity contribution >= 4 is 60.5 Å². The van der Waals surface area contributed by atoms with Crippen molar-refractivity contribution < 1.29 is 4.42 Å². The third kappa shape index (κ3) is 5.94. The maximum atomic E-state index is 6.66. The molecule has 0 amide bonds. The summed E-state index contributed by atoms with van der Waals surface area (Å²) in [7, 11) is 0. The van der Waals surface area contributed by atoms with E-state index in [-0.39, 0.29) is 0 Å². The van der Waals surface area contributed by atoms with Crippen LogP contribution in [0.4, 0.5) is 17.1 Å². The third-order valence-electron chi connectivity index (χ3n) is 10.9. The minimum atomic E-state index is 0.597. The highest BCUT2D eigenvalue weighted by atomic mass is 16.3. The molecule has 2 aromatic heterocycles. The van der Waals surface area contributed by atoms with Gasteiger partial charge in [-0.25, -0.2) is 15.0 Å². The van der Waals surface area contributed by atoms with Crippen molar-refractivity contribution in [1.82, 2.24) is 15.0 Å². The van der Waals surface area contributed by atoms with Gasteiger partial charge in [-0.3, -0.25) is 0 Å². The van der Waals surface area contributed by atoms with Gasteiger partial charge >= 0.3 is 0 Å². The van der Waals surface area contributed by atoms with Gasteiger partial charge in [-0.2, -0.15) is 0 Å². The summed E-state index contributed by atoms with van der Waals surface area (Å²) >= 11 is 0. The van der Waals surface area contributed by atoms with Gasteiger partial charge in [-0.1, -0.05) is 146 Å². The van der Waals surface area contributed by atoms with E-state index in [0.717, 1.165) is 83.0 Å². The Kier molecular flexibility index (Phi) is 8.07. The lowest BCUT2D eigenvalue weighted by molar-refractivity contribution is 0.672. The summed E-state index contributed by atoms with van der Waals surface area (Å²) in [6.45, 7) is 0. The lowest BCUT2D eigenvalue weighted by Crippen LogP contribution is -2.09. The summed E-state index contributed by atoms with van der Waals surface area (Å²) in [6, 6.07) is 71.7. The van der Waals surface area contributed by atoms with Gasteiger partial charge in [0.25, 0.3) is 0 Å². The molecule has 272 valence electrons. The van der Waals surface area contributed by atoms with E-state index in [2.05, 4.69) is 169 Å². The maximum absolute atomic E-state index is 6.66. The number of nitrogens with zero attached hydrogens (tertiary/aromatic N) is 4. The third-order valence-corrected chi connectivity index (χ3v) is 10.9. The SMILES string of the molecule is c1ccc(-c2nc(-c3ccc4ccccc4c3)nc(-c3ccc4c(-c5ccc(N(c6ccccc6)c6ccccc6)cc5)cc5c6ccccc6oc5c4c3)n2)cc1. The van der Waals surface area contributed by atoms with Crippen molar-refractivity contribution in [3.8, 4) is 45.3 Å². The first-order chi connectivity index (χ1) is 28.7. The van der Waals surface area contributed by atoms with Gasteiger partial charge in [-0.15, -0.1) is 0 Å². The molecule has 0 saturated heterocycles. The topological polar surface area (TPSA) is 55.1 Å². The quantitative estimate of drug-likeness (QED) is 0.163. The van der Waals surface area contributed by atoms with Crippen LogP contribution in [0, 0.1) is 0 Å². The summed E-state index contributed by atoms with van der Waals surface area (Å²) < 4.78 is 6.66. The lowest BCUT2D eigenvalue weighted by Gasteiger charge is -2.25. The van der Waals surface area contributed by atoms with Crippen LogP contribution in [0.1, 0.15) is 0 Å². The van der Waals surface area contributed by atoms with E-state index in [1.54, 1.807) is 0 Å². The van der Waals surface area contributed by atoms with Crippen LogP contribution in [-0.4, -0.2) is 15.0 Å².